The van der Waals surface area contributed by atoms with Gasteiger partial charge in [-0.1, -0.05) is 12.1 Å². The fraction of sp³-hybridized carbons (Fsp3) is 0.625. The number of nitrogens with one attached hydrogen (secondary N) is 1. The third-order valence-corrected chi connectivity index (χ3v) is 4.43. The van der Waals surface area contributed by atoms with Gasteiger partial charge in [0.15, 0.2) is 0 Å². The summed E-state index contributed by atoms with van der Waals surface area (Å²) in [6.45, 7) is 4.77. The molecule has 2 heteroatoms. The van der Waals surface area contributed by atoms with Gasteiger partial charge < -0.3 is 10.2 Å². The minimum absolute atomic E-state index is 0.453. The van der Waals surface area contributed by atoms with E-state index in [1.54, 1.807) is 5.56 Å². The molecule has 1 aliphatic carbocycles. The van der Waals surface area contributed by atoms with Crippen LogP contribution in [0.2, 0.25) is 0 Å². The lowest BCUT2D eigenvalue weighted by atomic mass is 9.96. The molecule has 1 aliphatic heterocycles. The van der Waals surface area contributed by atoms with Crippen molar-refractivity contribution >= 4 is 5.69 Å². The third-order valence-electron chi connectivity index (χ3n) is 4.43. The fourth-order valence-electron chi connectivity index (χ4n) is 2.93. The Hall–Kier alpha value is -1.02. The molecule has 1 saturated carbocycles. The van der Waals surface area contributed by atoms with Crippen molar-refractivity contribution in [3.05, 3.63) is 29.3 Å². The molecule has 18 heavy (non-hydrogen) atoms. The molecular weight excluding hydrogens is 220 g/mol. The molecule has 0 spiro atoms. The van der Waals surface area contributed by atoms with Crippen LogP contribution in [0.25, 0.3) is 0 Å². The second-order valence-corrected chi connectivity index (χ2v) is 5.89. The van der Waals surface area contributed by atoms with Crippen molar-refractivity contribution in [1.29, 1.82) is 0 Å². The van der Waals surface area contributed by atoms with Gasteiger partial charge in [0.1, 0.15) is 0 Å². The van der Waals surface area contributed by atoms with Crippen molar-refractivity contribution < 1.29 is 0 Å². The van der Waals surface area contributed by atoms with Gasteiger partial charge in [-0.25, -0.2) is 0 Å². The van der Waals surface area contributed by atoms with E-state index in [2.05, 4.69) is 35.3 Å². The van der Waals surface area contributed by atoms with Crippen LogP contribution in [0.1, 0.15) is 43.4 Å². The summed E-state index contributed by atoms with van der Waals surface area (Å²) in [6, 6.07) is 7.51. The molecule has 0 radical (unpaired) electrons. The number of hydrogen-bond donors (Lipinski definition) is 1. The molecule has 1 unspecified atom stereocenters. The van der Waals surface area contributed by atoms with Crippen LogP contribution in [0.4, 0.5) is 5.69 Å². The van der Waals surface area contributed by atoms with Crippen LogP contribution in [-0.4, -0.2) is 20.1 Å². The summed E-state index contributed by atoms with van der Waals surface area (Å²) in [6.07, 6.45) is 5.46. The highest BCUT2D eigenvalue weighted by Gasteiger charge is 2.26. The molecule has 3 rings (SSSR count). The highest BCUT2D eigenvalue weighted by atomic mass is 15.1. The second kappa shape index (κ2) is 4.93. The fourth-order valence-corrected chi connectivity index (χ4v) is 2.93. The van der Waals surface area contributed by atoms with Gasteiger partial charge in [0.05, 0.1) is 0 Å². The summed E-state index contributed by atoms with van der Waals surface area (Å²) in [5, 5.41) is 3.33. The Balaban J connectivity index is 1.83. The van der Waals surface area contributed by atoms with Crippen LogP contribution >= 0.6 is 0 Å². The molecule has 0 saturated heterocycles. The largest absolute Gasteiger partial charge is 0.371 e. The van der Waals surface area contributed by atoms with Gasteiger partial charge in [-0.2, -0.15) is 0 Å². The van der Waals surface area contributed by atoms with Crippen molar-refractivity contribution in [3.63, 3.8) is 0 Å². The zero-order valence-corrected chi connectivity index (χ0v) is 11.6. The van der Waals surface area contributed by atoms with Gasteiger partial charge >= 0.3 is 0 Å². The summed E-state index contributed by atoms with van der Waals surface area (Å²) in [5.41, 5.74) is 4.48. The first-order chi connectivity index (χ1) is 8.78. The number of aryl methyl sites for hydroxylation is 1. The van der Waals surface area contributed by atoms with Crippen molar-refractivity contribution in [3.8, 4) is 0 Å². The van der Waals surface area contributed by atoms with E-state index in [1.165, 1.54) is 50.0 Å². The molecule has 1 heterocycles. The van der Waals surface area contributed by atoms with Gasteiger partial charge in [0, 0.05) is 24.8 Å². The van der Waals surface area contributed by atoms with E-state index in [0.717, 1.165) is 5.92 Å². The number of benzene rings is 1. The maximum Gasteiger partial charge on any atom is 0.0399 e. The zero-order valence-electron chi connectivity index (χ0n) is 11.6. The lowest BCUT2D eigenvalue weighted by molar-refractivity contribution is 0.639. The lowest BCUT2D eigenvalue weighted by Gasteiger charge is -2.32. The normalized spacial score (nSPS) is 20.7. The molecule has 1 atom stereocenters. The number of nitrogens with zero attached hydrogens (tertiary/aromatic N) is 1. The molecule has 1 aromatic rings. The topological polar surface area (TPSA) is 15.3 Å². The number of fused-ring (bicyclic) bond motifs is 1. The summed E-state index contributed by atoms with van der Waals surface area (Å²) in [4.78, 5) is 2.62. The Morgan fingerprint density at radius 1 is 1.39 bits per heavy atom. The first kappa shape index (κ1) is 12.0. The SMILES string of the molecule is CNC(C)c1ccc2c(c1)CCCN2CC1CC1. The first-order valence-electron chi connectivity index (χ1n) is 7.33. The molecule has 1 N–H and O–H groups in total. The van der Waals surface area contributed by atoms with Gasteiger partial charge in [0.25, 0.3) is 0 Å². The van der Waals surface area contributed by atoms with Gasteiger partial charge in [-0.3, -0.25) is 0 Å². The standard InChI is InChI=1S/C16H24N2/c1-12(17-2)14-7-8-16-15(10-14)4-3-9-18(16)11-13-5-6-13/h7-8,10,12-13,17H,3-6,9,11H2,1-2H3. The van der Waals surface area contributed by atoms with E-state index in [9.17, 15) is 0 Å². The Kier molecular flexibility index (Phi) is 3.29. The number of hydrogen-bond acceptors (Lipinski definition) is 2. The molecule has 0 bridgehead atoms. The predicted molar refractivity (Wildman–Crippen MR) is 77.2 cm³/mol. The molecule has 2 nitrogen and oxygen atoms in total. The van der Waals surface area contributed by atoms with E-state index in [-0.39, 0.29) is 0 Å². The van der Waals surface area contributed by atoms with Crippen LogP contribution < -0.4 is 10.2 Å². The Bertz CT molecular complexity index is 423. The average molecular weight is 244 g/mol. The Morgan fingerprint density at radius 2 is 2.22 bits per heavy atom. The summed E-state index contributed by atoms with van der Waals surface area (Å²) < 4.78 is 0. The highest BCUT2D eigenvalue weighted by Crippen LogP contribution is 2.35. The molecular formula is C16H24N2. The van der Waals surface area contributed by atoms with Crippen LogP contribution in [-0.2, 0) is 6.42 Å². The molecule has 98 valence electrons. The molecule has 1 aromatic carbocycles. The summed E-state index contributed by atoms with van der Waals surface area (Å²) in [7, 11) is 2.03. The average Bonchev–Trinajstić information content (AvgIpc) is 3.21. The Labute approximate surface area is 110 Å². The van der Waals surface area contributed by atoms with Crippen molar-refractivity contribution in [2.45, 2.75) is 38.6 Å². The highest BCUT2D eigenvalue weighted by molar-refractivity contribution is 5.57. The van der Waals surface area contributed by atoms with Gasteiger partial charge in [0.2, 0.25) is 0 Å². The zero-order chi connectivity index (χ0) is 12.5. The van der Waals surface area contributed by atoms with Crippen molar-refractivity contribution in [1.82, 2.24) is 5.32 Å². The Morgan fingerprint density at radius 3 is 2.94 bits per heavy atom. The second-order valence-electron chi connectivity index (χ2n) is 5.89. The van der Waals surface area contributed by atoms with E-state index in [1.807, 2.05) is 7.05 Å². The monoisotopic (exact) mass is 244 g/mol. The maximum absolute atomic E-state index is 3.33. The first-order valence-corrected chi connectivity index (χ1v) is 7.33. The van der Waals surface area contributed by atoms with Crippen molar-refractivity contribution in [2.75, 3.05) is 25.0 Å². The molecule has 1 fully saturated rings. The summed E-state index contributed by atoms with van der Waals surface area (Å²) >= 11 is 0. The van der Waals surface area contributed by atoms with E-state index < -0.39 is 0 Å². The molecule has 0 aromatic heterocycles. The maximum atomic E-state index is 3.33. The molecule has 0 amide bonds. The van der Waals surface area contributed by atoms with Crippen LogP contribution in [0.5, 0.6) is 0 Å². The molecule has 2 aliphatic rings. The quantitative estimate of drug-likeness (QED) is 0.875. The summed E-state index contributed by atoms with van der Waals surface area (Å²) in [5.74, 6) is 0.979. The van der Waals surface area contributed by atoms with E-state index in [4.69, 9.17) is 0 Å². The smallest absolute Gasteiger partial charge is 0.0399 e. The minimum atomic E-state index is 0.453. The lowest BCUT2D eigenvalue weighted by Crippen LogP contribution is -2.31. The van der Waals surface area contributed by atoms with E-state index in [0.29, 0.717) is 6.04 Å². The van der Waals surface area contributed by atoms with Crippen LogP contribution in [0, 0.1) is 5.92 Å². The predicted octanol–water partition coefficient (Wildman–Crippen LogP) is 3.13. The van der Waals surface area contributed by atoms with Gasteiger partial charge in [-0.15, -0.1) is 0 Å². The third kappa shape index (κ3) is 2.39. The van der Waals surface area contributed by atoms with Crippen molar-refractivity contribution in [2.24, 2.45) is 5.92 Å². The number of rotatable bonds is 4. The van der Waals surface area contributed by atoms with Crippen LogP contribution in [0.3, 0.4) is 0 Å². The minimum Gasteiger partial charge on any atom is -0.371 e. The van der Waals surface area contributed by atoms with E-state index >= 15 is 0 Å². The van der Waals surface area contributed by atoms with Crippen LogP contribution in [0.15, 0.2) is 18.2 Å². The van der Waals surface area contributed by atoms with Gasteiger partial charge in [-0.05, 0) is 62.8 Å². The number of anilines is 1.